The smallest absolute Gasteiger partial charge is 0.0126 e. The highest BCUT2D eigenvalue weighted by Crippen LogP contribution is 2.28. The molecule has 0 aromatic carbocycles. The first-order chi connectivity index (χ1) is 5.33. The second-order valence-electron chi connectivity index (χ2n) is 4.05. The van der Waals surface area contributed by atoms with Gasteiger partial charge in [0.2, 0.25) is 0 Å². The van der Waals surface area contributed by atoms with Gasteiger partial charge in [-0.05, 0) is 18.3 Å². The van der Waals surface area contributed by atoms with Crippen LogP contribution in [0.3, 0.4) is 0 Å². The fourth-order valence-electron chi connectivity index (χ4n) is 2.08. The summed E-state index contributed by atoms with van der Waals surface area (Å²) in [7, 11) is 0. The first-order valence-corrected chi connectivity index (χ1v) is 4.97. The minimum atomic E-state index is 0.622. The summed E-state index contributed by atoms with van der Waals surface area (Å²) in [5.74, 6) is 1.60. The molecule has 1 atom stereocenters. The van der Waals surface area contributed by atoms with Gasteiger partial charge in [0, 0.05) is 6.54 Å². The van der Waals surface area contributed by atoms with Crippen molar-refractivity contribution in [3.63, 3.8) is 0 Å². The summed E-state index contributed by atoms with van der Waals surface area (Å²) in [4.78, 5) is 0. The minimum absolute atomic E-state index is 0.622. The molecule has 0 aliphatic heterocycles. The van der Waals surface area contributed by atoms with Gasteiger partial charge in [-0.1, -0.05) is 39.0 Å². The van der Waals surface area contributed by atoms with Gasteiger partial charge in [0.25, 0.3) is 0 Å². The summed E-state index contributed by atoms with van der Waals surface area (Å²) >= 11 is 0. The quantitative estimate of drug-likeness (QED) is 0.597. The van der Waals surface area contributed by atoms with E-state index in [0.717, 1.165) is 5.92 Å². The Kier molecular flexibility index (Phi) is 3.92. The molecule has 1 N–H and O–H groups in total. The Morgan fingerprint density at radius 1 is 1.27 bits per heavy atom. The van der Waals surface area contributed by atoms with Gasteiger partial charge in [-0.15, -0.1) is 0 Å². The Labute approximate surface area is 70.4 Å². The van der Waals surface area contributed by atoms with Crippen LogP contribution in [0, 0.1) is 11.8 Å². The maximum absolute atomic E-state index is 7.23. The number of hydrogen-bond donors (Lipinski definition) is 0. The van der Waals surface area contributed by atoms with Crippen LogP contribution >= 0.6 is 0 Å². The van der Waals surface area contributed by atoms with E-state index in [9.17, 15) is 0 Å². The Morgan fingerprint density at radius 3 is 2.45 bits per heavy atom. The monoisotopic (exact) mass is 154 g/mol. The highest BCUT2D eigenvalue weighted by Gasteiger charge is 2.15. The van der Waals surface area contributed by atoms with Gasteiger partial charge in [0.1, 0.15) is 0 Å². The summed E-state index contributed by atoms with van der Waals surface area (Å²) in [5, 5.41) is 0. The van der Waals surface area contributed by atoms with Crippen molar-refractivity contribution in [2.45, 2.75) is 45.4 Å². The highest BCUT2D eigenvalue weighted by atomic mass is 14.5. The third-order valence-electron chi connectivity index (χ3n) is 2.81. The van der Waals surface area contributed by atoms with E-state index >= 15 is 0 Å². The van der Waals surface area contributed by atoms with E-state index in [4.69, 9.17) is 5.73 Å². The first-order valence-electron chi connectivity index (χ1n) is 4.97. The van der Waals surface area contributed by atoms with Crippen LogP contribution in [0.1, 0.15) is 45.4 Å². The fourth-order valence-corrected chi connectivity index (χ4v) is 2.08. The van der Waals surface area contributed by atoms with E-state index in [2.05, 4.69) is 6.92 Å². The number of hydrogen-bond acceptors (Lipinski definition) is 0. The second kappa shape index (κ2) is 4.76. The van der Waals surface area contributed by atoms with Gasteiger partial charge in [-0.3, -0.25) is 5.73 Å². The molecule has 1 aliphatic carbocycles. The lowest BCUT2D eigenvalue weighted by Gasteiger charge is -2.23. The minimum Gasteiger partial charge on any atom is -0.258 e. The van der Waals surface area contributed by atoms with Crippen LogP contribution in [-0.4, -0.2) is 6.54 Å². The fraction of sp³-hybridized carbons (Fsp3) is 1.00. The largest absolute Gasteiger partial charge is 0.258 e. The zero-order valence-corrected chi connectivity index (χ0v) is 7.60. The molecule has 0 aromatic heterocycles. The predicted octanol–water partition coefficient (Wildman–Crippen LogP) is 2.88. The summed E-state index contributed by atoms with van der Waals surface area (Å²) < 4.78 is 0. The molecule has 1 unspecified atom stereocenters. The van der Waals surface area contributed by atoms with Crippen LogP contribution in [0.25, 0.3) is 0 Å². The Hall–Kier alpha value is -0.0400. The van der Waals surface area contributed by atoms with E-state index in [1.54, 1.807) is 0 Å². The molecular formula is C10H20N. The van der Waals surface area contributed by atoms with Gasteiger partial charge in [-0.2, -0.15) is 0 Å². The predicted molar refractivity (Wildman–Crippen MR) is 48.3 cm³/mol. The molecule has 0 saturated heterocycles. The third kappa shape index (κ3) is 3.24. The SMILES string of the molecule is CC(C[NH])CC1CCCCC1. The number of nitrogens with one attached hydrogen (secondary N) is 1. The van der Waals surface area contributed by atoms with Crippen molar-refractivity contribution >= 4 is 0 Å². The van der Waals surface area contributed by atoms with Gasteiger partial charge in [0.05, 0.1) is 0 Å². The Morgan fingerprint density at radius 2 is 1.91 bits per heavy atom. The lowest BCUT2D eigenvalue weighted by Crippen LogP contribution is -2.13. The molecule has 1 saturated carbocycles. The maximum Gasteiger partial charge on any atom is 0.0126 e. The molecule has 0 aromatic rings. The van der Waals surface area contributed by atoms with E-state index in [1.165, 1.54) is 38.5 Å². The van der Waals surface area contributed by atoms with Gasteiger partial charge in [-0.25, -0.2) is 0 Å². The van der Waals surface area contributed by atoms with Crippen LogP contribution in [0.4, 0.5) is 0 Å². The standard InChI is InChI=1S/C10H20N/c1-9(8-11)7-10-5-3-2-4-6-10/h9-11H,2-8H2,1H3. The summed E-state index contributed by atoms with van der Waals surface area (Å²) in [5.41, 5.74) is 7.23. The molecule has 1 nitrogen and oxygen atoms in total. The third-order valence-corrected chi connectivity index (χ3v) is 2.81. The van der Waals surface area contributed by atoms with Crippen molar-refractivity contribution in [1.29, 1.82) is 0 Å². The zero-order valence-electron chi connectivity index (χ0n) is 7.60. The molecule has 1 rings (SSSR count). The normalized spacial score (nSPS) is 23.5. The lowest BCUT2D eigenvalue weighted by atomic mass is 9.83. The van der Waals surface area contributed by atoms with E-state index in [0.29, 0.717) is 12.5 Å². The molecule has 1 radical (unpaired) electrons. The molecule has 1 fully saturated rings. The van der Waals surface area contributed by atoms with Crippen molar-refractivity contribution in [3.05, 3.63) is 0 Å². The van der Waals surface area contributed by atoms with Crippen LogP contribution in [0.2, 0.25) is 0 Å². The molecule has 0 amide bonds. The van der Waals surface area contributed by atoms with Crippen LogP contribution in [0.5, 0.6) is 0 Å². The van der Waals surface area contributed by atoms with Crippen molar-refractivity contribution in [2.75, 3.05) is 6.54 Å². The van der Waals surface area contributed by atoms with Crippen molar-refractivity contribution in [3.8, 4) is 0 Å². The Balaban J connectivity index is 2.13. The molecule has 11 heavy (non-hydrogen) atoms. The van der Waals surface area contributed by atoms with Crippen LogP contribution < -0.4 is 5.73 Å². The zero-order chi connectivity index (χ0) is 8.10. The Bertz CT molecular complexity index is 95.0. The summed E-state index contributed by atoms with van der Waals surface area (Å²) in [6.07, 6.45) is 8.51. The van der Waals surface area contributed by atoms with Crippen molar-refractivity contribution in [1.82, 2.24) is 5.73 Å². The molecule has 0 spiro atoms. The average molecular weight is 154 g/mol. The molecule has 65 valence electrons. The van der Waals surface area contributed by atoms with Crippen LogP contribution in [-0.2, 0) is 0 Å². The molecule has 0 heterocycles. The lowest BCUT2D eigenvalue weighted by molar-refractivity contribution is 0.298. The first kappa shape index (κ1) is 9.05. The topological polar surface area (TPSA) is 23.8 Å². The van der Waals surface area contributed by atoms with Crippen molar-refractivity contribution < 1.29 is 0 Å². The molecular weight excluding hydrogens is 134 g/mol. The van der Waals surface area contributed by atoms with Crippen molar-refractivity contribution in [2.24, 2.45) is 11.8 Å². The van der Waals surface area contributed by atoms with Gasteiger partial charge >= 0.3 is 0 Å². The van der Waals surface area contributed by atoms with E-state index in [-0.39, 0.29) is 0 Å². The van der Waals surface area contributed by atoms with Gasteiger partial charge in [0.15, 0.2) is 0 Å². The highest BCUT2D eigenvalue weighted by molar-refractivity contribution is 4.68. The average Bonchev–Trinajstić information content (AvgIpc) is 2.06. The van der Waals surface area contributed by atoms with Crippen LogP contribution in [0.15, 0.2) is 0 Å². The maximum atomic E-state index is 7.23. The molecule has 1 aliphatic rings. The van der Waals surface area contributed by atoms with E-state index < -0.39 is 0 Å². The molecule has 1 heteroatoms. The summed E-state index contributed by atoms with van der Waals surface area (Å²) in [6, 6.07) is 0. The second-order valence-corrected chi connectivity index (χ2v) is 4.05. The number of rotatable bonds is 3. The van der Waals surface area contributed by atoms with E-state index in [1.807, 2.05) is 0 Å². The van der Waals surface area contributed by atoms with Gasteiger partial charge < -0.3 is 0 Å². The molecule has 0 bridgehead atoms. The summed E-state index contributed by atoms with van der Waals surface area (Å²) in [6.45, 7) is 2.83.